The van der Waals surface area contributed by atoms with E-state index in [9.17, 15) is 0 Å². The maximum atomic E-state index is 5.28. The average Bonchev–Trinajstić information content (AvgIpc) is 2.50. The van der Waals surface area contributed by atoms with Crippen molar-refractivity contribution in [2.75, 3.05) is 19.5 Å². The van der Waals surface area contributed by atoms with Gasteiger partial charge in [0.1, 0.15) is 5.82 Å². The fourth-order valence-corrected chi connectivity index (χ4v) is 2.98. The molecule has 0 atom stereocenters. The Kier molecular flexibility index (Phi) is 5.93. The zero-order chi connectivity index (χ0) is 15.2. The van der Waals surface area contributed by atoms with Crippen LogP contribution in [0.15, 0.2) is 24.3 Å². The highest BCUT2D eigenvalue weighted by molar-refractivity contribution is 14.1. The maximum Gasteiger partial charge on any atom is 0.162 e. The van der Waals surface area contributed by atoms with Gasteiger partial charge in [-0.3, -0.25) is 0 Å². The Balaban J connectivity index is 2.55. The third-order valence-electron chi connectivity index (χ3n) is 3.20. The van der Waals surface area contributed by atoms with Gasteiger partial charge in [-0.05, 0) is 34.6 Å². The zero-order valence-electron chi connectivity index (χ0n) is 12.6. The first-order chi connectivity index (χ1) is 10.2. The highest BCUT2D eigenvalue weighted by atomic mass is 127. The lowest BCUT2D eigenvalue weighted by Crippen LogP contribution is -2.06. The summed E-state index contributed by atoms with van der Waals surface area (Å²) in [4.78, 5) is 9.43. The van der Waals surface area contributed by atoms with E-state index >= 15 is 0 Å². The molecule has 4 nitrogen and oxygen atoms in total. The van der Waals surface area contributed by atoms with Crippen LogP contribution in [0.1, 0.15) is 24.6 Å². The normalized spacial score (nSPS) is 10.7. The monoisotopic (exact) mass is 397 g/mol. The number of halogens is 1. The maximum absolute atomic E-state index is 5.28. The van der Waals surface area contributed by atoms with Crippen LogP contribution >= 0.6 is 22.6 Å². The molecule has 5 heteroatoms. The van der Waals surface area contributed by atoms with Gasteiger partial charge in [-0.2, -0.15) is 0 Å². The number of aryl methyl sites for hydroxylation is 1. The van der Waals surface area contributed by atoms with Crippen molar-refractivity contribution in [1.29, 1.82) is 0 Å². The highest BCUT2D eigenvalue weighted by Crippen LogP contribution is 2.27. The van der Waals surface area contributed by atoms with Crippen LogP contribution in [-0.2, 0) is 17.8 Å². The molecule has 2 aromatic rings. The largest absolute Gasteiger partial charge is 0.380 e. The van der Waals surface area contributed by atoms with E-state index in [0.717, 1.165) is 44.9 Å². The number of hydrogen-bond donors (Lipinski definition) is 1. The van der Waals surface area contributed by atoms with Crippen LogP contribution in [0.25, 0.3) is 11.4 Å². The number of nitrogens with zero attached hydrogens (tertiary/aromatic N) is 2. The minimum Gasteiger partial charge on any atom is -0.380 e. The molecule has 21 heavy (non-hydrogen) atoms. The smallest absolute Gasteiger partial charge is 0.162 e. The lowest BCUT2D eigenvalue weighted by Gasteiger charge is -2.13. The van der Waals surface area contributed by atoms with E-state index in [1.165, 1.54) is 0 Å². The van der Waals surface area contributed by atoms with Gasteiger partial charge in [0, 0.05) is 19.7 Å². The van der Waals surface area contributed by atoms with Crippen LogP contribution in [0.2, 0.25) is 0 Å². The summed E-state index contributed by atoms with van der Waals surface area (Å²) in [7, 11) is 3.60. The first kappa shape index (κ1) is 16.2. The van der Waals surface area contributed by atoms with E-state index in [1.54, 1.807) is 7.11 Å². The summed E-state index contributed by atoms with van der Waals surface area (Å²) in [5.41, 5.74) is 3.23. The summed E-state index contributed by atoms with van der Waals surface area (Å²) in [6.07, 6.45) is 2.02. The first-order valence-corrected chi connectivity index (χ1v) is 8.10. The minimum atomic E-state index is 0.559. The van der Waals surface area contributed by atoms with Crippen molar-refractivity contribution >= 4 is 28.4 Å². The molecule has 0 radical (unpaired) electrons. The minimum absolute atomic E-state index is 0.559. The third-order valence-corrected chi connectivity index (χ3v) is 4.34. The molecule has 112 valence electrons. The molecule has 0 bridgehead atoms. The second-order valence-electron chi connectivity index (χ2n) is 4.75. The van der Waals surface area contributed by atoms with Crippen LogP contribution in [0, 0.1) is 3.57 Å². The number of ether oxygens (including phenoxy) is 1. The number of nitrogens with one attached hydrogen (secondary N) is 1. The van der Waals surface area contributed by atoms with E-state index in [0.29, 0.717) is 6.61 Å². The summed E-state index contributed by atoms with van der Waals surface area (Å²) in [5.74, 6) is 1.65. The average molecular weight is 397 g/mol. The zero-order valence-corrected chi connectivity index (χ0v) is 14.8. The number of hydrogen-bond acceptors (Lipinski definition) is 4. The van der Waals surface area contributed by atoms with Crippen molar-refractivity contribution < 1.29 is 4.74 Å². The second kappa shape index (κ2) is 7.70. The second-order valence-corrected chi connectivity index (χ2v) is 5.83. The van der Waals surface area contributed by atoms with Crippen LogP contribution < -0.4 is 5.32 Å². The van der Waals surface area contributed by atoms with Gasteiger partial charge in [-0.25, -0.2) is 9.97 Å². The van der Waals surface area contributed by atoms with E-state index in [2.05, 4.69) is 45.9 Å². The van der Waals surface area contributed by atoms with Crippen molar-refractivity contribution in [3.8, 4) is 11.4 Å². The summed E-state index contributed by atoms with van der Waals surface area (Å²) in [6, 6.07) is 8.12. The summed E-state index contributed by atoms with van der Waals surface area (Å²) in [6.45, 7) is 2.72. The fraction of sp³-hybridized carbons (Fsp3) is 0.375. The molecule has 0 spiro atoms. The molecular weight excluding hydrogens is 377 g/mol. The van der Waals surface area contributed by atoms with Crippen LogP contribution in [0.5, 0.6) is 0 Å². The van der Waals surface area contributed by atoms with Crippen molar-refractivity contribution in [1.82, 2.24) is 9.97 Å². The Morgan fingerprint density at radius 1 is 1.24 bits per heavy atom. The van der Waals surface area contributed by atoms with Gasteiger partial charge in [-0.15, -0.1) is 0 Å². The molecular formula is C16H20IN3O. The van der Waals surface area contributed by atoms with Crippen LogP contribution in [-0.4, -0.2) is 24.1 Å². The molecule has 0 unspecified atom stereocenters. The van der Waals surface area contributed by atoms with Gasteiger partial charge in [-0.1, -0.05) is 37.6 Å². The molecule has 1 heterocycles. The lowest BCUT2D eigenvalue weighted by molar-refractivity contribution is 0.185. The highest BCUT2D eigenvalue weighted by Gasteiger charge is 2.14. The molecule has 1 N–H and O–H groups in total. The predicted molar refractivity (Wildman–Crippen MR) is 94.4 cm³/mol. The number of methoxy groups -OCH3 is 1. The predicted octanol–water partition coefficient (Wildman–Crippen LogP) is 3.89. The SMILES string of the molecule is CCCc1nc(-c2ccccc2COC)nc(NC)c1I. The Morgan fingerprint density at radius 2 is 2.00 bits per heavy atom. The van der Waals surface area contributed by atoms with E-state index in [4.69, 9.17) is 9.72 Å². The molecule has 0 saturated carbocycles. The van der Waals surface area contributed by atoms with Crippen LogP contribution in [0.3, 0.4) is 0 Å². The number of aromatic nitrogens is 2. The van der Waals surface area contributed by atoms with Gasteiger partial charge in [0.15, 0.2) is 5.82 Å². The molecule has 0 aliphatic rings. The van der Waals surface area contributed by atoms with E-state index in [-0.39, 0.29) is 0 Å². The van der Waals surface area contributed by atoms with Gasteiger partial charge < -0.3 is 10.1 Å². The molecule has 0 fully saturated rings. The Hall–Kier alpha value is -1.21. The van der Waals surface area contributed by atoms with Crippen molar-refractivity contribution in [2.45, 2.75) is 26.4 Å². The first-order valence-electron chi connectivity index (χ1n) is 7.02. The van der Waals surface area contributed by atoms with Crippen molar-refractivity contribution in [3.05, 3.63) is 39.1 Å². The number of anilines is 1. The summed E-state index contributed by atoms with van der Waals surface area (Å²) in [5, 5.41) is 3.17. The molecule has 0 aliphatic carbocycles. The quantitative estimate of drug-likeness (QED) is 0.752. The van der Waals surface area contributed by atoms with Crippen molar-refractivity contribution in [3.63, 3.8) is 0 Å². The number of rotatable bonds is 6. The Bertz CT molecular complexity index is 616. The van der Waals surface area contributed by atoms with Crippen molar-refractivity contribution in [2.24, 2.45) is 0 Å². The van der Waals surface area contributed by atoms with E-state index < -0.39 is 0 Å². The molecule has 0 aliphatic heterocycles. The summed E-state index contributed by atoms with van der Waals surface area (Å²) < 4.78 is 6.38. The fourth-order valence-electron chi connectivity index (χ4n) is 2.20. The molecule has 2 rings (SSSR count). The van der Waals surface area contributed by atoms with E-state index in [1.807, 2.05) is 25.2 Å². The van der Waals surface area contributed by atoms with Gasteiger partial charge in [0.2, 0.25) is 0 Å². The number of benzene rings is 1. The van der Waals surface area contributed by atoms with Crippen LogP contribution in [0.4, 0.5) is 5.82 Å². The molecule has 1 aromatic heterocycles. The third kappa shape index (κ3) is 3.71. The standard InChI is InChI=1S/C16H20IN3O/c1-4-7-13-14(17)16(18-2)20-15(19-13)12-9-6-5-8-11(12)10-21-3/h5-6,8-9H,4,7,10H2,1-3H3,(H,18,19,20). The summed E-state index contributed by atoms with van der Waals surface area (Å²) >= 11 is 2.31. The molecule has 1 aromatic carbocycles. The topological polar surface area (TPSA) is 47.0 Å². The van der Waals surface area contributed by atoms with Gasteiger partial charge >= 0.3 is 0 Å². The van der Waals surface area contributed by atoms with Gasteiger partial charge in [0.05, 0.1) is 15.9 Å². The molecule has 0 amide bonds. The Morgan fingerprint density at radius 3 is 2.67 bits per heavy atom. The lowest BCUT2D eigenvalue weighted by atomic mass is 10.1. The molecule has 0 saturated heterocycles. The van der Waals surface area contributed by atoms with Gasteiger partial charge in [0.25, 0.3) is 0 Å². The Labute approximate surface area is 139 Å².